The Kier molecular flexibility index (Phi) is 3.44. The van der Waals surface area contributed by atoms with Crippen LogP contribution in [0.4, 0.5) is 4.79 Å². The Morgan fingerprint density at radius 1 is 1.44 bits per heavy atom. The average Bonchev–Trinajstić information content (AvgIpc) is 3.07. The molecular formula is C13H17NO2. The number of alkyl carbamates (subject to hydrolysis) is 1. The molecule has 86 valence electrons. The van der Waals surface area contributed by atoms with Crippen LogP contribution in [0.3, 0.4) is 0 Å². The van der Waals surface area contributed by atoms with E-state index < -0.39 is 0 Å². The summed E-state index contributed by atoms with van der Waals surface area (Å²) in [5.41, 5.74) is 1.37. The summed E-state index contributed by atoms with van der Waals surface area (Å²) in [4.78, 5) is 11.1. The van der Waals surface area contributed by atoms with Crippen LogP contribution < -0.4 is 5.32 Å². The molecule has 3 nitrogen and oxygen atoms in total. The fourth-order valence-electron chi connectivity index (χ4n) is 1.98. The van der Waals surface area contributed by atoms with Gasteiger partial charge in [-0.15, -0.1) is 0 Å². The highest BCUT2D eigenvalue weighted by molar-refractivity contribution is 5.67. The van der Waals surface area contributed by atoms with Crippen molar-refractivity contribution in [2.24, 2.45) is 5.92 Å². The molecular weight excluding hydrogens is 202 g/mol. The minimum Gasteiger partial charge on any atom is -0.450 e. The highest BCUT2D eigenvalue weighted by Gasteiger charge is 2.38. The van der Waals surface area contributed by atoms with Gasteiger partial charge >= 0.3 is 6.09 Å². The number of carbonyl (C=O) groups is 1. The van der Waals surface area contributed by atoms with Crippen LogP contribution in [-0.2, 0) is 4.74 Å². The van der Waals surface area contributed by atoms with Crippen molar-refractivity contribution in [2.45, 2.75) is 19.3 Å². The molecule has 0 saturated heterocycles. The van der Waals surface area contributed by atoms with E-state index >= 15 is 0 Å². The lowest BCUT2D eigenvalue weighted by atomic mass is 10.1. The van der Waals surface area contributed by atoms with Gasteiger partial charge in [-0.25, -0.2) is 4.79 Å². The van der Waals surface area contributed by atoms with Crippen LogP contribution in [-0.4, -0.2) is 19.2 Å². The maximum absolute atomic E-state index is 11.1. The van der Waals surface area contributed by atoms with Gasteiger partial charge in [0.25, 0.3) is 0 Å². The van der Waals surface area contributed by atoms with Crippen molar-refractivity contribution >= 4 is 6.09 Å². The molecule has 0 heterocycles. The van der Waals surface area contributed by atoms with Gasteiger partial charge in [0.05, 0.1) is 6.61 Å². The van der Waals surface area contributed by atoms with Gasteiger partial charge in [0, 0.05) is 6.54 Å². The summed E-state index contributed by atoms with van der Waals surface area (Å²) < 4.78 is 4.81. The van der Waals surface area contributed by atoms with E-state index in [1.165, 1.54) is 5.56 Å². The molecule has 1 aliphatic carbocycles. The molecule has 0 aromatic heterocycles. The molecule has 1 saturated carbocycles. The first-order valence-electron chi connectivity index (χ1n) is 5.77. The summed E-state index contributed by atoms with van der Waals surface area (Å²) in [5.74, 6) is 1.19. The van der Waals surface area contributed by atoms with E-state index in [2.05, 4.69) is 29.6 Å². The first kappa shape index (κ1) is 11.0. The van der Waals surface area contributed by atoms with E-state index in [0.29, 0.717) is 18.4 Å². The van der Waals surface area contributed by atoms with E-state index in [1.807, 2.05) is 13.0 Å². The van der Waals surface area contributed by atoms with Crippen LogP contribution in [0.1, 0.15) is 24.8 Å². The number of rotatable bonds is 4. The molecule has 16 heavy (non-hydrogen) atoms. The maximum Gasteiger partial charge on any atom is 0.407 e. The smallest absolute Gasteiger partial charge is 0.407 e. The molecule has 2 atom stereocenters. The van der Waals surface area contributed by atoms with Gasteiger partial charge in [0.2, 0.25) is 0 Å². The molecule has 1 N–H and O–H groups in total. The van der Waals surface area contributed by atoms with Crippen molar-refractivity contribution in [3.8, 4) is 0 Å². The van der Waals surface area contributed by atoms with Gasteiger partial charge in [-0.2, -0.15) is 0 Å². The second-order valence-electron chi connectivity index (χ2n) is 4.11. The summed E-state index contributed by atoms with van der Waals surface area (Å²) in [7, 11) is 0. The number of carbonyl (C=O) groups excluding carboxylic acids is 1. The molecule has 1 aromatic rings. The van der Waals surface area contributed by atoms with Crippen molar-refractivity contribution in [1.29, 1.82) is 0 Å². The lowest BCUT2D eigenvalue weighted by molar-refractivity contribution is 0.151. The van der Waals surface area contributed by atoms with Crippen LogP contribution in [0.5, 0.6) is 0 Å². The van der Waals surface area contributed by atoms with Crippen molar-refractivity contribution in [2.75, 3.05) is 13.2 Å². The normalized spacial score (nSPS) is 22.6. The SMILES string of the molecule is CCOC(=O)NC[C@@H]1C[C@H]1c1ccccc1. The van der Waals surface area contributed by atoms with Crippen LogP contribution in [0.2, 0.25) is 0 Å². The Balaban J connectivity index is 1.74. The minimum absolute atomic E-state index is 0.304. The van der Waals surface area contributed by atoms with Gasteiger partial charge in [-0.3, -0.25) is 0 Å². The van der Waals surface area contributed by atoms with Gasteiger partial charge in [-0.05, 0) is 30.7 Å². The van der Waals surface area contributed by atoms with Gasteiger partial charge in [0.15, 0.2) is 0 Å². The Morgan fingerprint density at radius 3 is 2.88 bits per heavy atom. The molecule has 1 aromatic carbocycles. The van der Waals surface area contributed by atoms with E-state index in [4.69, 9.17) is 4.74 Å². The van der Waals surface area contributed by atoms with E-state index in [-0.39, 0.29) is 6.09 Å². The fraction of sp³-hybridized carbons (Fsp3) is 0.462. The molecule has 0 radical (unpaired) electrons. The zero-order chi connectivity index (χ0) is 11.4. The summed E-state index contributed by atoms with van der Waals surface area (Å²) in [6, 6.07) is 10.4. The molecule has 1 fully saturated rings. The third-order valence-corrected chi connectivity index (χ3v) is 2.93. The highest BCUT2D eigenvalue weighted by Crippen LogP contribution is 2.46. The number of hydrogen-bond donors (Lipinski definition) is 1. The third-order valence-electron chi connectivity index (χ3n) is 2.93. The van der Waals surface area contributed by atoms with E-state index in [1.54, 1.807) is 0 Å². The Hall–Kier alpha value is -1.51. The molecule has 0 bridgehead atoms. The Labute approximate surface area is 95.8 Å². The third kappa shape index (κ3) is 2.75. The minimum atomic E-state index is -0.304. The number of nitrogens with one attached hydrogen (secondary N) is 1. The molecule has 2 rings (SSSR count). The quantitative estimate of drug-likeness (QED) is 0.845. The number of benzene rings is 1. The first-order valence-corrected chi connectivity index (χ1v) is 5.77. The van der Waals surface area contributed by atoms with Crippen LogP contribution in [0.15, 0.2) is 30.3 Å². The molecule has 1 amide bonds. The lowest BCUT2D eigenvalue weighted by Crippen LogP contribution is -2.26. The van der Waals surface area contributed by atoms with Crippen LogP contribution in [0, 0.1) is 5.92 Å². The molecule has 0 unspecified atom stereocenters. The predicted molar refractivity (Wildman–Crippen MR) is 62.3 cm³/mol. The second kappa shape index (κ2) is 5.01. The van der Waals surface area contributed by atoms with Crippen LogP contribution >= 0.6 is 0 Å². The lowest BCUT2D eigenvalue weighted by Gasteiger charge is -2.04. The topological polar surface area (TPSA) is 38.3 Å². The van der Waals surface area contributed by atoms with Gasteiger partial charge in [-0.1, -0.05) is 30.3 Å². The number of hydrogen-bond acceptors (Lipinski definition) is 2. The van der Waals surface area contributed by atoms with Crippen molar-refractivity contribution in [3.63, 3.8) is 0 Å². The second-order valence-corrected chi connectivity index (χ2v) is 4.11. The van der Waals surface area contributed by atoms with E-state index in [9.17, 15) is 4.79 Å². The zero-order valence-corrected chi connectivity index (χ0v) is 9.48. The van der Waals surface area contributed by atoms with E-state index in [0.717, 1.165) is 13.0 Å². The Morgan fingerprint density at radius 2 is 2.19 bits per heavy atom. The fourth-order valence-corrected chi connectivity index (χ4v) is 1.98. The summed E-state index contributed by atoms with van der Waals surface area (Å²) in [6.45, 7) is 2.96. The highest BCUT2D eigenvalue weighted by atomic mass is 16.5. The van der Waals surface area contributed by atoms with Crippen molar-refractivity contribution in [1.82, 2.24) is 5.32 Å². The monoisotopic (exact) mass is 219 g/mol. The predicted octanol–water partition coefficient (Wildman–Crippen LogP) is 2.54. The summed E-state index contributed by atoms with van der Waals surface area (Å²) in [5, 5.41) is 2.78. The Bertz CT molecular complexity index is 350. The average molecular weight is 219 g/mol. The molecule has 3 heteroatoms. The zero-order valence-electron chi connectivity index (χ0n) is 9.48. The molecule has 1 aliphatic rings. The van der Waals surface area contributed by atoms with Crippen LogP contribution in [0.25, 0.3) is 0 Å². The summed E-state index contributed by atoms with van der Waals surface area (Å²) >= 11 is 0. The van der Waals surface area contributed by atoms with Crippen molar-refractivity contribution < 1.29 is 9.53 Å². The maximum atomic E-state index is 11.1. The summed E-state index contributed by atoms with van der Waals surface area (Å²) in [6.07, 6.45) is 0.859. The molecule has 0 spiro atoms. The van der Waals surface area contributed by atoms with Gasteiger partial charge in [0.1, 0.15) is 0 Å². The number of amides is 1. The largest absolute Gasteiger partial charge is 0.450 e. The van der Waals surface area contributed by atoms with Gasteiger partial charge < -0.3 is 10.1 Å². The number of ether oxygens (including phenoxy) is 1. The first-order chi connectivity index (χ1) is 7.81. The standard InChI is InChI=1S/C13H17NO2/c1-2-16-13(15)14-9-11-8-12(11)10-6-4-3-5-7-10/h3-7,11-12H,2,8-9H2,1H3,(H,14,15)/t11-,12-/m0/s1. The molecule has 0 aliphatic heterocycles. The van der Waals surface area contributed by atoms with Crippen molar-refractivity contribution in [3.05, 3.63) is 35.9 Å².